The summed E-state index contributed by atoms with van der Waals surface area (Å²) in [5.74, 6) is 0.0424. The molecule has 0 bridgehead atoms. The molecular weight excluding hydrogens is 286 g/mol. The van der Waals surface area contributed by atoms with Gasteiger partial charge in [-0.3, -0.25) is 4.79 Å². The third kappa shape index (κ3) is 4.29. The average Bonchev–Trinajstić information content (AvgIpc) is 3.12. The number of carbonyl (C=O) groups is 2. The number of carbonyl (C=O) groups excluding carboxylic acids is 1. The number of rotatable bonds is 7. The Labute approximate surface area is 129 Å². The minimum atomic E-state index is -1.02. The van der Waals surface area contributed by atoms with Gasteiger partial charge in [0, 0.05) is 18.8 Å². The van der Waals surface area contributed by atoms with Gasteiger partial charge in [-0.15, -0.1) is 0 Å². The van der Waals surface area contributed by atoms with Crippen LogP contribution in [-0.4, -0.2) is 33.2 Å². The van der Waals surface area contributed by atoms with Crippen LogP contribution >= 0.6 is 0 Å². The Hall–Kier alpha value is -1.92. The molecule has 1 aromatic rings. The normalized spacial score (nSPS) is 16.9. The molecule has 22 heavy (non-hydrogen) atoms. The number of hydrogen-bond donors (Lipinski definition) is 2. The van der Waals surface area contributed by atoms with E-state index in [4.69, 9.17) is 9.63 Å². The minimum Gasteiger partial charge on any atom is -0.480 e. The molecule has 0 radical (unpaired) electrons. The van der Waals surface area contributed by atoms with Gasteiger partial charge in [0.25, 0.3) is 0 Å². The largest absolute Gasteiger partial charge is 0.480 e. The van der Waals surface area contributed by atoms with Crippen LogP contribution in [0, 0.1) is 5.92 Å². The maximum atomic E-state index is 11.8. The highest BCUT2D eigenvalue weighted by atomic mass is 16.5. The summed E-state index contributed by atoms with van der Waals surface area (Å²) in [6.07, 6.45) is 5.05. The number of hydrogen-bond acceptors (Lipinski definition) is 5. The Morgan fingerprint density at radius 3 is 2.64 bits per heavy atom. The van der Waals surface area contributed by atoms with Crippen LogP contribution in [-0.2, 0) is 16.0 Å². The Morgan fingerprint density at radius 2 is 2.05 bits per heavy atom. The van der Waals surface area contributed by atoms with Crippen molar-refractivity contribution in [2.45, 2.75) is 64.3 Å². The molecule has 1 aliphatic rings. The highest BCUT2D eigenvalue weighted by Crippen LogP contribution is 2.32. The highest BCUT2D eigenvalue weighted by molar-refractivity contribution is 5.83. The van der Waals surface area contributed by atoms with Gasteiger partial charge in [-0.1, -0.05) is 31.8 Å². The molecule has 2 N–H and O–H groups in total. The molecule has 1 heterocycles. The highest BCUT2D eigenvalue weighted by Gasteiger charge is 2.24. The topological polar surface area (TPSA) is 105 Å². The quantitative estimate of drug-likeness (QED) is 0.796. The SMILES string of the molecule is CC(C)[C@H](NC(=O)CCc1nc(C2CCCC2)no1)C(=O)O. The number of nitrogens with one attached hydrogen (secondary N) is 1. The zero-order valence-corrected chi connectivity index (χ0v) is 13.0. The molecule has 1 atom stereocenters. The second-order valence-corrected chi connectivity index (χ2v) is 6.16. The molecule has 1 aliphatic carbocycles. The van der Waals surface area contributed by atoms with E-state index in [0.717, 1.165) is 18.7 Å². The summed E-state index contributed by atoms with van der Waals surface area (Å²) >= 11 is 0. The van der Waals surface area contributed by atoms with Crippen LogP contribution in [0.1, 0.15) is 63.6 Å². The number of aromatic nitrogens is 2. The summed E-state index contributed by atoms with van der Waals surface area (Å²) in [5, 5.41) is 15.5. The molecule has 1 fully saturated rings. The van der Waals surface area contributed by atoms with Crippen molar-refractivity contribution in [2.24, 2.45) is 5.92 Å². The first-order chi connectivity index (χ1) is 10.5. The molecule has 1 amide bonds. The van der Waals surface area contributed by atoms with E-state index in [-0.39, 0.29) is 18.2 Å². The molecular formula is C15H23N3O4. The van der Waals surface area contributed by atoms with Crippen LogP contribution in [0.2, 0.25) is 0 Å². The van der Waals surface area contributed by atoms with Crippen molar-refractivity contribution in [1.29, 1.82) is 0 Å². The van der Waals surface area contributed by atoms with Gasteiger partial charge >= 0.3 is 5.97 Å². The summed E-state index contributed by atoms with van der Waals surface area (Å²) < 4.78 is 5.17. The maximum Gasteiger partial charge on any atom is 0.326 e. The number of aryl methyl sites for hydroxylation is 1. The first-order valence-electron chi connectivity index (χ1n) is 7.82. The van der Waals surface area contributed by atoms with Crippen molar-refractivity contribution >= 4 is 11.9 Å². The summed E-state index contributed by atoms with van der Waals surface area (Å²) in [6.45, 7) is 3.51. The molecule has 2 rings (SSSR count). The molecule has 0 aliphatic heterocycles. The van der Waals surface area contributed by atoms with E-state index in [1.807, 2.05) is 0 Å². The van der Waals surface area contributed by atoms with Gasteiger partial charge < -0.3 is 14.9 Å². The lowest BCUT2D eigenvalue weighted by Gasteiger charge is -2.17. The summed E-state index contributed by atoms with van der Waals surface area (Å²) in [7, 11) is 0. The molecule has 0 saturated heterocycles. The lowest BCUT2D eigenvalue weighted by Crippen LogP contribution is -2.44. The molecule has 0 spiro atoms. The summed E-state index contributed by atoms with van der Waals surface area (Å²) in [6, 6.07) is -0.871. The number of amides is 1. The fraction of sp³-hybridized carbons (Fsp3) is 0.733. The number of nitrogens with zero attached hydrogens (tertiary/aromatic N) is 2. The van der Waals surface area contributed by atoms with E-state index in [1.165, 1.54) is 12.8 Å². The lowest BCUT2D eigenvalue weighted by atomic mass is 10.0. The van der Waals surface area contributed by atoms with Crippen LogP contribution in [0.3, 0.4) is 0 Å². The van der Waals surface area contributed by atoms with Gasteiger partial charge in [0.2, 0.25) is 11.8 Å². The second kappa shape index (κ2) is 7.38. The van der Waals surface area contributed by atoms with Crippen molar-refractivity contribution in [3.63, 3.8) is 0 Å². The van der Waals surface area contributed by atoms with Gasteiger partial charge in [-0.05, 0) is 18.8 Å². The van der Waals surface area contributed by atoms with Gasteiger partial charge in [0.15, 0.2) is 5.82 Å². The van der Waals surface area contributed by atoms with E-state index in [1.54, 1.807) is 13.8 Å². The van der Waals surface area contributed by atoms with Gasteiger partial charge in [-0.25, -0.2) is 4.79 Å². The van der Waals surface area contributed by atoms with Crippen LogP contribution < -0.4 is 5.32 Å². The smallest absolute Gasteiger partial charge is 0.326 e. The molecule has 0 aromatic carbocycles. The third-order valence-corrected chi connectivity index (χ3v) is 4.02. The number of carboxylic acid groups (broad SMARTS) is 1. The van der Waals surface area contributed by atoms with Crippen LogP contribution in [0.25, 0.3) is 0 Å². The number of carboxylic acids is 1. The van der Waals surface area contributed by atoms with E-state index >= 15 is 0 Å². The Balaban J connectivity index is 1.82. The third-order valence-electron chi connectivity index (χ3n) is 4.02. The molecule has 7 heteroatoms. The summed E-state index contributed by atoms with van der Waals surface area (Å²) in [4.78, 5) is 27.2. The maximum absolute atomic E-state index is 11.8. The monoisotopic (exact) mass is 309 g/mol. The zero-order valence-electron chi connectivity index (χ0n) is 13.0. The predicted molar refractivity (Wildman–Crippen MR) is 78.2 cm³/mol. The molecule has 1 saturated carbocycles. The Morgan fingerprint density at radius 1 is 1.36 bits per heavy atom. The van der Waals surface area contributed by atoms with Crippen LogP contribution in [0.4, 0.5) is 0 Å². The van der Waals surface area contributed by atoms with Crippen molar-refractivity contribution in [3.8, 4) is 0 Å². The Kier molecular flexibility index (Phi) is 5.51. The van der Waals surface area contributed by atoms with Gasteiger partial charge in [0.05, 0.1) is 0 Å². The molecule has 0 unspecified atom stereocenters. The average molecular weight is 309 g/mol. The van der Waals surface area contributed by atoms with Crippen LogP contribution in [0.15, 0.2) is 4.52 Å². The van der Waals surface area contributed by atoms with Gasteiger partial charge in [0.1, 0.15) is 6.04 Å². The minimum absolute atomic E-state index is 0.142. The zero-order chi connectivity index (χ0) is 16.1. The first kappa shape index (κ1) is 16.5. The fourth-order valence-corrected chi connectivity index (χ4v) is 2.70. The van der Waals surface area contributed by atoms with Gasteiger partial charge in [-0.2, -0.15) is 4.98 Å². The number of aliphatic carboxylic acids is 1. The first-order valence-corrected chi connectivity index (χ1v) is 7.82. The lowest BCUT2D eigenvalue weighted by molar-refractivity contribution is -0.143. The Bertz CT molecular complexity index is 521. The molecule has 122 valence electrons. The van der Waals surface area contributed by atoms with E-state index in [2.05, 4.69) is 15.5 Å². The fourth-order valence-electron chi connectivity index (χ4n) is 2.70. The van der Waals surface area contributed by atoms with Crippen molar-refractivity contribution in [3.05, 3.63) is 11.7 Å². The molecule has 1 aromatic heterocycles. The van der Waals surface area contributed by atoms with E-state index in [9.17, 15) is 9.59 Å². The van der Waals surface area contributed by atoms with Crippen molar-refractivity contribution < 1.29 is 19.2 Å². The van der Waals surface area contributed by atoms with Crippen molar-refractivity contribution in [2.75, 3.05) is 0 Å². The molecule has 7 nitrogen and oxygen atoms in total. The van der Waals surface area contributed by atoms with E-state index < -0.39 is 12.0 Å². The van der Waals surface area contributed by atoms with E-state index in [0.29, 0.717) is 18.2 Å². The predicted octanol–water partition coefficient (Wildman–Crippen LogP) is 1.89. The van der Waals surface area contributed by atoms with Crippen molar-refractivity contribution in [1.82, 2.24) is 15.5 Å². The standard InChI is InChI=1S/C15H23N3O4/c1-9(2)13(15(20)21)16-11(19)7-8-12-17-14(18-22-12)10-5-3-4-6-10/h9-10,13H,3-8H2,1-2H3,(H,16,19)(H,20,21)/t13-/m0/s1. The second-order valence-electron chi connectivity index (χ2n) is 6.16. The summed E-state index contributed by atoms with van der Waals surface area (Å²) in [5.41, 5.74) is 0. The van der Waals surface area contributed by atoms with Crippen LogP contribution in [0.5, 0.6) is 0 Å².